The molecule has 1 N–H and O–H groups in total. The number of amides is 1. The molecule has 3 aromatic carbocycles. The van der Waals surface area contributed by atoms with Crippen molar-refractivity contribution in [3.05, 3.63) is 95.3 Å². The number of benzene rings is 3. The molecule has 0 spiro atoms. The monoisotopic (exact) mass is 404 g/mol. The first-order valence-corrected chi connectivity index (χ1v) is 9.60. The summed E-state index contributed by atoms with van der Waals surface area (Å²) in [6.45, 7) is 0.0549. The molecule has 1 amide bonds. The van der Waals surface area contributed by atoms with Crippen LogP contribution in [0.1, 0.15) is 22.6 Å². The van der Waals surface area contributed by atoms with Gasteiger partial charge in [0.25, 0.3) is 0 Å². The second-order valence-corrected chi connectivity index (χ2v) is 7.14. The number of carboxylic acid groups (broad SMARTS) is 1. The first-order chi connectivity index (χ1) is 14.5. The quantitative estimate of drug-likeness (QED) is 0.685. The molecule has 0 fully saturated rings. The highest BCUT2D eigenvalue weighted by molar-refractivity contribution is 5.80. The molecule has 0 aromatic heterocycles. The number of ether oxygens (including phenoxy) is 1. The summed E-state index contributed by atoms with van der Waals surface area (Å²) in [6, 6.07) is 20.2. The lowest BCUT2D eigenvalue weighted by Crippen LogP contribution is -2.49. The van der Waals surface area contributed by atoms with E-state index >= 15 is 0 Å². The van der Waals surface area contributed by atoms with Crippen LogP contribution in [0.2, 0.25) is 0 Å². The Bertz CT molecular complexity index is 1050. The Kier molecular flexibility index (Phi) is 5.48. The van der Waals surface area contributed by atoms with Crippen LogP contribution in [0.4, 0.5) is 9.18 Å². The number of alkyl carbamates (subject to hydrolysis) is 1. The second kappa shape index (κ2) is 8.37. The zero-order valence-electron chi connectivity index (χ0n) is 16.0. The minimum Gasteiger partial charge on any atom is -0.548 e. The Hall–Kier alpha value is -3.67. The molecule has 6 heteroatoms. The third kappa shape index (κ3) is 3.89. The van der Waals surface area contributed by atoms with Gasteiger partial charge in [0.15, 0.2) is 0 Å². The molecule has 0 aliphatic heterocycles. The van der Waals surface area contributed by atoms with Crippen LogP contribution < -0.4 is 10.4 Å². The van der Waals surface area contributed by atoms with Crippen molar-refractivity contribution in [2.45, 2.75) is 18.4 Å². The van der Waals surface area contributed by atoms with Gasteiger partial charge in [-0.05, 0) is 33.9 Å². The zero-order chi connectivity index (χ0) is 21.1. The van der Waals surface area contributed by atoms with Crippen LogP contribution in [-0.2, 0) is 16.0 Å². The molecular formula is C24H19FNO4-. The Morgan fingerprint density at radius 1 is 0.933 bits per heavy atom. The molecule has 0 saturated heterocycles. The summed E-state index contributed by atoms with van der Waals surface area (Å²) in [5.41, 5.74) is 4.46. The van der Waals surface area contributed by atoms with Gasteiger partial charge < -0.3 is 20.0 Å². The van der Waals surface area contributed by atoms with Crippen molar-refractivity contribution in [2.75, 3.05) is 6.61 Å². The van der Waals surface area contributed by atoms with Gasteiger partial charge in [-0.3, -0.25) is 0 Å². The summed E-state index contributed by atoms with van der Waals surface area (Å²) < 4.78 is 19.2. The van der Waals surface area contributed by atoms with Crippen LogP contribution in [0.25, 0.3) is 11.1 Å². The molecule has 4 rings (SSSR count). The van der Waals surface area contributed by atoms with Gasteiger partial charge in [0.05, 0.1) is 12.0 Å². The molecule has 5 nitrogen and oxygen atoms in total. The number of nitrogens with one attached hydrogen (secondary N) is 1. The normalized spacial score (nSPS) is 13.2. The van der Waals surface area contributed by atoms with Gasteiger partial charge in [0, 0.05) is 12.3 Å². The third-order valence-electron chi connectivity index (χ3n) is 5.30. The summed E-state index contributed by atoms with van der Waals surface area (Å²) in [6.07, 6.45) is -1.12. The number of carbonyl (C=O) groups is 2. The summed E-state index contributed by atoms with van der Waals surface area (Å²) >= 11 is 0. The molecule has 0 heterocycles. The SMILES string of the molecule is O=C(N[C@@H](Cc1ccccc1F)C(=O)[O-])OCC1c2ccccc2-c2ccccc21. The fourth-order valence-corrected chi connectivity index (χ4v) is 3.86. The van der Waals surface area contributed by atoms with Crippen LogP contribution >= 0.6 is 0 Å². The predicted octanol–water partition coefficient (Wildman–Crippen LogP) is 3.03. The fourth-order valence-electron chi connectivity index (χ4n) is 3.86. The largest absolute Gasteiger partial charge is 0.548 e. The van der Waals surface area contributed by atoms with E-state index in [4.69, 9.17) is 4.74 Å². The van der Waals surface area contributed by atoms with E-state index in [1.807, 2.05) is 48.5 Å². The molecule has 3 aromatic rings. The van der Waals surface area contributed by atoms with E-state index < -0.39 is 23.9 Å². The maximum atomic E-state index is 13.8. The van der Waals surface area contributed by atoms with Gasteiger partial charge >= 0.3 is 6.09 Å². The number of aliphatic carboxylic acids is 1. The van der Waals surface area contributed by atoms with Crippen molar-refractivity contribution >= 4 is 12.1 Å². The van der Waals surface area contributed by atoms with Gasteiger partial charge in [-0.2, -0.15) is 0 Å². The second-order valence-electron chi connectivity index (χ2n) is 7.14. The lowest BCUT2D eigenvalue weighted by molar-refractivity contribution is -0.308. The van der Waals surface area contributed by atoms with Crippen LogP contribution in [-0.4, -0.2) is 24.7 Å². The number of hydrogen-bond acceptors (Lipinski definition) is 4. The van der Waals surface area contributed by atoms with Crippen molar-refractivity contribution in [3.63, 3.8) is 0 Å². The number of fused-ring (bicyclic) bond motifs is 3. The minimum absolute atomic E-state index is 0.0549. The minimum atomic E-state index is -1.51. The highest BCUT2D eigenvalue weighted by Gasteiger charge is 2.29. The Morgan fingerprint density at radius 3 is 2.10 bits per heavy atom. The number of carbonyl (C=O) groups excluding carboxylic acids is 2. The average Bonchev–Trinajstić information content (AvgIpc) is 3.07. The van der Waals surface area contributed by atoms with E-state index in [9.17, 15) is 19.1 Å². The molecule has 1 aliphatic carbocycles. The number of hydrogen-bond donors (Lipinski definition) is 1. The van der Waals surface area contributed by atoms with Gasteiger partial charge in [0.1, 0.15) is 12.4 Å². The standard InChI is InChI=1S/C24H20FNO4/c25-21-12-6-1-7-15(21)13-22(23(27)28)26-24(29)30-14-20-18-10-4-2-8-16(18)17-9-3-5-11-19(17)20/h1-12,20,22H,13-14H2,(H,26,29)(H,27,28)/p-1/t22-/m0/s1. The van der Waals surface area contributed by atoms with E-state index in [2.05, 4.69) is 5.32 Å². The maximum Gasteiger partial charge on any atom is 0.407 e. The summed E-state index contributed by atoms with van der Waals surface area (Å²) in [4.78, 5) is 23.7. The van der Waals surface area contributed by atoms with Crippen molar-refractivity contribution in [1.29, 1.82) is 0 Å². The summed E-state index contributed by atoms with van der Waals surface area (Å²) in [7, 11) is 0. The maximum absolute atomic E-state index is 13.8. The van der Waals surface area contributed by atoms with E-state index in [1.54, 1.807) is 6.07 Å². The van der Waals surface area contributed by atoms with Crippen molar-refractivity contribution in [2.24, 2.45) is 0 Å². The van der Waals surface area contributed by atoms with Crippen molar-refractivity contribution in [1.82, 2.24) is 5.32 Å². The number of carboxylic acids is 1. The van der Waals surface area contributed by atoms with Crippen LogP contribution in [0.3, 0.4) is 0 Å². The van der Waals surface area contributed by atoms with Gasteiger partial charge in [-0.1, -0.05) is 66.7 Å². The topological polar surface area (TPSA) is 78.5 Å². The van der Waals surface area contributed by atoms with E-state index in [0.717, 1.165) is 22.3 Å². The van der Waals surface area contributed by atoms with Gasteiger partial charge in [-0.25, -0.2) is 9.18 Å². The van der Waals surface area contributed by atoms with E-state index in [-0.39, 0.29) is 24.5 Å². The fraction of sp³-hybridized carbons (Fsp3) is 0.167. The first kappa shape index (κ1) is 19.6. The third-order valence-corrected chi connectivity index (χ3v) is 5.30. The lowest BCUT2D eigenvalue weighted by atomic mass is 9.98. The molecule has 0 radical (unpaired) electrons. The first-order valence-electron chi connectivity index (χ1n) is 9.60. The highest BCUT2D eigenvalue weighted by Crippen LogP contribution is 2.44. The van der Waals surface area contributed by atoms with E-state index in [1.165, 1.54) is 18.2 Å². The number of rotatable bonds is 6. The van der Waals surface area contributed by atoms with Gasteiger partial charge in [0.2, 0.25) is 0 Å². The Balaban J connectivity index is 1.44. The molecule has 152 valence electrons. The molecule has 0 saturated carbocycles. The average molecular weight is 404 g/mol. The van der Waals surface area contributed by atoms with Crippen LogP contribution in [0, 0.1) is 5.82 Å². The van der Waals surface area contributed by atoms with Crippen molar-refractivity contribution < 1.29 is 23.8 Å². The highest BCUT2D eigenvalue weighted by atomic mass is 19.1. The van der Waals surface area contributed by atoms with Crippen LogP contribution in [0.5, 0.6) is 0 Å². The molecular weight excluding hydrogens is 385 g/mol. The van der Waals surface area contributed by atoms with E-state index in [0.29, 0.717) is 0 Å². The van der Waals surface area contributed by atoms with Crippen molar-refractivity contribution in [3.8, 4) is 11.1 Å². The summed E-state index contributed by atoms with van der Waals surface area (Å²) in [5, 5.41) is 13.7. The zero-order valence-corrected chi connectivity index (χ0v) is 16.0. The predicted molar refractivity (Wildman–Crippen MR) is 107 cm³/mol. The smallest absolute Gasteiger partial charge is 0.407 e. The molecule has 1 atom stereocenters. The summed E-state index contributed by atoms with van der Waals surface area (Å²) in [5.74, 6) is -2.19. The van der Waals surface area contributed by atoms with Gasteiger partial charge in [-0.15, -0.1) is 0 Å². The number of halogens is 1. The Labute approximate surface area is 173 Å². The van der Waals surface area contributed by atoms with Crippen LogP contribution in [0.15, 0.2) is 72.8 Å². The molecule has 0 bridgehead atoms. The lowest BCUT2D eigenvalue weighted by Gasteiger charge is -2.21. The Morgan fingerprint density at radius 2 is 1.50 bits per heavy atom. The molecule has 0 unspecified atom stereocenters. The molecule has 1 aliphatic rings. The molecule has 30 heavy (non-hydrogen) atoms.